The second-order valence-corrected chi connectivity index (χ2v) is 5.92. The van der Waals surface area contributed by atoms with Crippen molar-refractivity contribution in [3.63, 3.8) is 0 Å². The Hall–Kier alpha value is -0.370. The van der Waals surface area contributed by atoms with Crippen LogP contribution >= 0.6 is 0 Å². The van der Waals surface area contributed by atoms with E-state index in [1.165, 1.54) is 0 Å². The molecule has 1 aliphatic carbocycles. The first kappa shape index (κ1) is 12.7. The highest BCUT2D eigenvalue weighted by Gasteiger charge is 2.39. The Kier molecular flexibility index (Phi) is 3.93. The van der Waals surface area contributed by atoms with Gasteiger partial charge in [0, 0.05) is 12.8 Å². The van der Waals surface area contributed by atoms with Crippen LogP contribution in [0.4, 0.5) is 0 Å². The molecule has 1 fully saturated rings. The third kappa shape index (κ3) is 3.30. The zero-order valence-corrected chi connectivity index (χ0v) is 10.4. The first-order valence-corrected chi connectivity index (χ1v) is 6.02. The molecule has 0 bridgehead atoms. The van der Waals surface area contributed by atoms with Crippen LogP contribution < -0.4 is 0 Å². The molecule has 0 aromatic carbocycles. The van der Waals surface area contributed by atoms with Gasteiger partial charge < -0.3 is 5.11 Å². The third-order valence-electron chi connectivity index (χ3n) is 3.79. The minimum Gasteiger partial charge on any atom is -0.393 e. The summed E-state index contributed by atoms with van der Waals surface area (Å²) in [7, 11) is 0. The first-order chi connectivity index (χ1) is 6.83. The number of aliphatic hydroxyl groups excluding tert-OH is 1. The monoisotopic (exact) mass is 212 g/mol. The number of carbonyl (C=O) groups excluding carboxylic acids is 1. The highest BCUT2D eigenvalue weighted by molar-refractivity contribution is 5.80. The van der Waals surface area contributed by atoms with Crippen LogP contribution in [0.25, 0.3) is 0 Å². The summed E-state index contributed by atoms with van der Waals surface area (Å²) >= 11 is 0. The Morgan fingerprint density at radius 3 is 2.60 bits per heavy atom. The van der Waals surface area contributed by atoms with Crippen molar-refractivity contribution in [1.29, 1.82) is 0 Å². The number of rotatable bonds is 3. The quantitative estimate of drug-likeness (QED) is 0.781. The maximum Gasteiger partial charge on any atom is 0.133 e. The van der Waals surface area contributed by atoms with Crippen LogP contribution in [0.15, 0.2) is 0 Å². The molecule has 1 aliphatic rings. The molecule has 0 aromatic heterocycles. The van der Waals surface area contributed by atoms with Crippen LogP contribution in [0.1, 0.15) is 53.4 Å². The zero-order chi connectivity index (χ0) is 11.6. The third-order valence-corrected chi connectivity index (χ3v) is 3.79. The Morgan fingerprint density at radius 1 is 1.53 bits per heavy atom. The van der Waals surface area contributed by atoms with E-state index in [-0.39, 0.29) is 11.5 Å². The summed E-state index contributed by atoms with van der Waals surface area (Å²) in [6.45, 7) is 8.39. The van der Waals surface area contributed by atoms with E-state index in [4.69, 9.17) is 0 Å². The number of carbonyl (C=O) groups is 1. The molecular formula is C13H24O2. The molecule has 88 valence electrons. The zero-order valence-electron chi connectivity index (χ0n) is 10.4. The summed E-state index contributed by atoms with van der Waals surface area (Å²) < 4.78 is 0. The van der Waals surface area contributed by atoms with E-state index in [9.17, 15) is 9.90 Å². The standard InChI is InChI=1S/C13H24O2/c1-9-7-11(15)8-13(3,4)12(9)6-5-10(2)14/h9-10,12,14H,5-8H2,1-4H3/t9-,10+,12-/m1/s1. The summed E-state index contributed by atoms with van der Waals surface area (Å²) in [5.41, 5.74) is 0.115. The van der Waals surface area contributed by atoms with Gasteiger partial charge in [-0.3, -0.25) is 4.79 Å². The Balaban J connectivity index is 2.63. The van der Waals surface area contributed by atoms with E-state index < -0.39 is 0 Å². The lowest BCUT2D eigenvalue weighted by molar-refractivity contribution is -0.127. The molecule has 0 heterocycles. The Labute approximate surface area is 93.1 Å². The van der Waals surface area contributed by atoms with Gasteiger partial charge in [-0.15, -0.1) is 0 Å². The predicted octanol–water partition coefficient (Wildman–Crippen LogP) is 2.79. The maximum absolute atomic E-state index is 11.5. The number of Topliss-reactive ketones (excluding diaryl/α,β-unsaturated/α-hetero) is 1. The summed E-state index contributed by atoms with van der Waals surface area (Å²) in [6, 6.07) is 0. The Morgan fingerprint density at radius 2 is 2.13 bits per heavy atom. The minimum absolute atomic E-state index is 0.115. The van der Waals surface area contributed by atoms with Crippen LogP contribution in [0, 0.1) is 17.3 Å². The van der Waals surface area contributed by atoms with Crippen LogP contribution in [-0.4, -0.2) is 17.0 Å². The van der Waals surface area contributed by atoms with Crippen molar-refractivity contribution in [1.82, 2.24) is 0 Å². The second kappa shape index (κ2) is 4.65. The van der Waals surface area contributed by atoms with Gasteiger partial charge in [-0.2, -0.15) is 0 Å². The van der Waals surface area contributed by atoms with Crippen molar-refractivity contribution in [3.8, 4) is 0 Å². The SMILES string of the molecule is C[C@H](O)CC[C@@H]1[C@H](C)CC(=O)CC1(C)C. The average molecular weight is 212 g/mol. The number of hydrogen-bond donors (Lipinski definition) is 1. The molecular weight excluding hydrogens is 188 g/mol. The van der Waals surface area contributed by atoms with Gasteiger partial charge in [-0.05, 0) is 37.0 Å². The van der Waals surface area contributed by atoms with Crippen LogP contribution in [0.3, 0.4) is 0 Å². The Bertz CT molecular complexity index is 231. The van der Waals surface area contributed by atoms with Crippen molar-refractivity contribution in [2.45, 2.75) is 59.5 Å². The van der Waals surface area contributed by atoms with Crippen molar-refractivity contribution in [3.05, 3.63) is 0 Å². The lowest BCUT2D eigenvalue weighted by atomic mass is 9.62. The second-order valence-electron chi connectivity index (χ2n) is 5.92. The van der Waals surface area contributed by atoms with Crippen molar-refractivity contribution in [2.24, 2.45) is 17.3 Å². The lowest BCUT2D eigenvalue weighted by Gasteiger charge is -2.42. The fourth-order valence-corrected chi connectivity index (χ4v) is 3.08. The largest absolute Gasteiger partial charge is 0.393 e. The molecule has 0 aliphatic heterocycles. The number of ketones is 1. The van der Waals surface area contributed by atoms with Gasteiger partial charge in [0.1, 0.15) is 5.78 Å². The van der Waals surface area contributed by atoms with E-state index in [0.717, 1.165) is 19.3 Å². The highest BCUT2D eigenvalue weighted by Crippen LogP contribution is 2.44. The molecule has 0 aromatic rings. The smallest absolute Gasteiger partial charge is 0.133 e. The molecule has 0 spiro atoms. The number of aliphatic hydroxyl groups is 1. The molecule has 15 heavy (non-hydrogen) atoms. The lowest BCUT2D eigenvalue weighted by Crippen LogP contribution is -2.38. The molecule has 2 heteroatoms. The summed E-state index contributed by atoms with van der Waals surface area (Å²) in [6.07, 6.45) is 3.12. The summed E-state index contributed by atoms with van der Waals surface area (Å²) in [5.74, 6) is 1.45. The fraction of sp³-hybridized carbons (Fsp3) is 0.923. The van der Waals surface area contributed by atoms with Crippen molar-refractivity contribution in [2.75, 3.05) is 0 Å². The number of hydrogen-bond acceptors (Lipinski definition) is 2. The maximum atomic E-state index is 11.5. The van der Waals surface area contributed by atoms with Gasteiger partial charge in [-0.25, -0.2) is 0 Å². The van der Waals surface area contributed by atoms with E-state index in [0.29, 0.717) is 24.0 Å². The van der Waals surface area contributed by atoms with E-state index in [1.807, 2.05) is 6.92 Å². The van der Waals surface area contributed by atoms with Crippen LogP contribution in [0.2, 0.25) is 0 Å². The fourth-order valence-electron chi connectivity index (χ4n) is 3.08. The molecule has 2 nitrogen and oxygen atoms in total. The van der Waals surface area contributed by atoms with Crippen LogP contribution in [-0.2, 0) is 4.79 Å². The van der Waals surface area contributed by atoms with E-state index in [2.05, 4.69) is 20.8 Å². The van der Waals surface area contributed by atoms with Gasteiger partial charge in [0.05, 0.1) is 6.10 Å². The molecule has 0 radical (unpaired) electrons. The molecule has 0 unspecified atom stereocenters. The molecule has 0 saturated heterocycles. The molecule has 1 N–H and O–H groups in total. The summed E-state index contributed by atoms with van der Waals surface area (Å²) in [5, 5.41) is 9.32. The van der Waals surface area contributed by atoms with Gasteiger partial charge in [0.25, 0.3) is 0 Å². The van der Waals surface area contributed by atoms with Crippen molar-refractivity contribution >= 4 is 5.78 Å². The molecule has 0 amide bonds. The first-order valence-electron chi connectivity index (χ1n) is 6.02. The molecule has 1 rings (SSSR count). The van der Waals surface area contributed by atoms with E-state index in [1.54, 1.807) is 0 Å². The van der Waals surface area contributed by atoms with Gasteiger partial charge in [0.2, 0.25) is 0 Å². The van der Waals surface area contributed by atoms with Crippen molar-refractivity contribution < 1.29 is 9.90 Å². The molecule has 3 atom stereocenters. The topological polar surface area (TPSA) is 37.3 Å². The minimum atomic E-state index is -0.217. The van der Waals surface area contributed by atoms with Crippen LogP contribution in [0.5, 0.6) is 0 Å². The van der Waals surface area contributed by atoms with Gasteiger partial charge in [0.15, 0.2) is 0 Å². The van der Waals surface area contributed by atoms with Gasteiger partial charge in [-0.1, -0.05) is 20.8 Å². The van der Waals surface area contributed by atoms with E-state index >= 15 is 0 Å². The highest BCUT2D eigenvalue weighted by atomic mass is 16.3. The average Bonchev–Trinajstić information content (AvgIpc) is 1.98. The normalized spacial score (nSPS) is 32.7. The molecule has 1 saturated carbocycles. The van der Waals surface area contributed by atoms with Gasteiger partial charge >= 0.3 is 0 Å². The summed E-state index contributed by atoms with van der Waals surface area (Å²) in [4.78, 5) is 11.5. The predicted molar refractivity (Wildman–Crippen MR) is 61.6 cm³/mol.